The molecule has 80 valence electrons. The van der Waals surface area contributed by atoms with Gasteiger partial charge in [-0.25, -0.2) is 0 Å². The monoisotopic (exact) mass is 204 g/mol. The fourth-order valence-electron chi connectivity index (χ4n) is 1.90. The van der Waals surface area contributed by atoms with Crippen LogP contribution in [0.15, 0.2) is 24.3 Å². The molecule has 0 aromatic heterocycles. The molecule has 0 bridgehead atoms. The zero-order valence-corrected chi connectivity index (χ0v) is 8.86. The third-order valence-electron chi connectivity index (χ3n) is 2.91. The highest BCUT2D eigenvalue weighted by atomic mass is 16.2. The minimum Gasteiger partial charge on any atom is -0.352 e. The molecule has 3 N–H and O–H groups in total. The number of carbonyl (C=O) groups is 1. The molecule has 0 spiro atoms. The van der Waals surface area contributed by atoms with E-state index in [4.69, 9.17) is 5.73 Å². The van der Waals surface area contributed by atoms with Gasteiger partial charge in [-0.2, -0.15) is 0 Å². The summed E-state index contributed by atoms with van der Waals surface area (Å²) in [5, 5.41) is 2.91. The summed E-state index contributed by atoms with van der Waals surface area (Å²) < 4.78 is 0. The Labute approximate surface area is 89.7 Å². The van der Waals surface area contributed by atoms with Gasteiger partial charge < -0.3 is 11.1 Å². The highest BCUT2D eigenvalue weighted by Crippen LogP contribution is 2.34. The minimum absolute atomic E-state index is 0.0372. The van der Waals surface area contributed by atoms with Crippen molar-refractivity contribution in [1.82, 2.24) is 5.32 Å². The molecule has 3 heteroatoms. The Kier molecular flexibility index (Phi) is 2.73. The van der Waals surface area contributed by atoms with Crippen LogP contribution in [-0.4, -0.2) is 18.5 Å². The number of fused-ring (bicyclic) bond motifs is 1. The third kappa shape index (κ3) is 1.88. The van der Waals surface area contributed by atoms with Crippen LogP contribution in [0, 0.1) is 0 Å². The van der Waals surface area contributed by atoms with Crippen molar-refractivity contribution in [3.8, 4) is 0 Å². The number of hydrogen-bond acceptors (Lipinski definition) is 2. The maximum Gasteiger partial charge on any atom is 0.228 e. The normalized spacial score (nSPS) is 20.0. The zero-order valence-electron chi connectivity index (χ0n) is 8.86. The van der Waals surface area contributed by atoms with Gasteiger partial charge in [-0.05, 0) is 24.5 Å². The molecule has 0 saturated heterocycles. The SMILES string of the molecule is CC(CN)NC(=O)C1Cc2ccccc21. The molecule has 1 aliphatic carbocycles. The molecule has 0 fully saturated rings. The second kappa shape index (κ2) is 4.03. The highest BCUT2D eigenvalue weighted by molar-refractivity contribution is 5.87. The van der Waals surface area contributed by atoms with Crippen molar-refractivity contribution in [3.63, 3.8) is 0 Å². The molecule has 0 aliphatic heterocycles. The second-order valence-electron chi connectivity index (χ2n) is 4.10. The van der Waals surface area contributed by atoms with Crippen LogP contribution >= 0.6 is 0 Å². The Balaban J connectivity index is 2.01. The third-order valence-corrected chi connectivity index (χ3v) is 2.91. The molecule has 3 nitrogen and oxygen atoms in total. The molecule has 2 rings (SSSR count). The van der Waals surface area contributed by atoms with E-state index in [1.54, 1.807) is 0 Å². The lowest BCUT2D eigenvalue weighted by Gasteiger charge is -2.29. The van der Waals surface area contributed by atoms with Gasteiger partial charge in [-0.1, -0.05) is 24.3 Å². The molecule has 0 saturated carbocycles. The summed E-state index contributed by atoms with van der Waals surface area (Å²) in [6.07, 6.45) is 0.860. The van der Waals surface area contributed by atoms with Gasteiger partial charge in [0.05, 0.1) is 5.92 Å². The van der Waals surface area contributed by atoms with E-state index in [2.05, 4.69) is 11.4 Å². The predicted molar refractivity (Wildman–Crippen MR) is 59.5 cm³/mol. The Hall–Kier alpha value is -1.35. The summed E-state index contributed by atoms with van der Waals surface area (Å²) in [6.45, 7) is 2.41. The number of amides is 1. The smallest absolute Gasteiger partial charge is 0.228 e. The van der Waals surface area contributed by atoms with Crippen LogP contribution in [-0.2, 0) is 11.2 Å². The van der Waals surface area contributed by atoms with Crippen molar-refractivity contribution in [2.75, 3.05) is 6.54 Å². The first-order valence-corrected chi connectivity index (χ1v) is 5.30. The molecule has 15 heavy (non-hydrogen) atoms. The lowest BCUT2D eigenvalue weighted by molar-refractivity contribution is -0.123. The quantitative estimate of drug-likeness (QED) is 0.764. The van der Waals surface area contributed by atoms with E-state index in [0.717, 1.165) is 6.42 Å². The van der Waals surface area contributed by atoms with E-state index in [1.165, 1.54) is 11.1 Å². The molecule has 2 unspecified atom stereocenters. The molecular weight excluding hydrogens is 188 g/mol. The molecule has 1 aliphatic rings. The number of nitrogens with one attached hydrogen (secondary N) is 1. The van der Waals surface area contributed by atoms with Crippen LogP contribution in [0.1, 0.15) is 24.0 Å². The molecule has 1 aromatic carbocycles. The Morgan fingerprint density at radius 1 is 1.60 bits per heavy atom. The van der Waals surface area contributed by atoms with Gasteiger partial charge in [0.15, 0.2) is 0 Å². The van der Waals surface area contributed by atoms with Gasteiger partial charge in [0.2, 0.25) is 5.91 Å². The fraction of sp³-hybridized carbons (Fsp3) is 0.417. The fourth-order valence-corrected chi connectivity index (χ4v) is 1.90. The molecule has 1 aromatic rings. The number of benzene rings is 1. The molecule has 0 heterocycles. The summed E-state index contributed by atoms with van der Waals surface area (Å²) in [4.78, 5) is 11.8. The first kappa shape index (κ1) is 10.2. The maximum atomic E-state index is 11.8. The van der Waals surface area contributed by atoms with Crippen LogP contribution in [0.25, 0.3) is 0 Å². The van der Waals surface area contributed by atoms with Crippen molar-refractivity contribution >= 4 is 5.91 Å². The van der Waals surface area contributed by atoms with Crippen LogP contribution in [0.5, 0.6) is 0 Å². The second-order valence-corrected chi connectivity index (χ2v) is 4.10. The van der Waals surface area contributed by atoms with Gasteiger partial charge >= 0.3 is 0 Å². The van der Waals surface area contributed by atoms with Crippen LogP contribution in [0.2, 0.25) is 0 Å². The average molecular weight is 204 g/mol. The van der Waals surface area contributed by atoms with E-state index >= 15 is 0 Å². The van der Waals surface area contributed by atoms with Crippen LogP contribution in [0.4, 0.5) is 0 Å². The topological polar surface area (TPSA) is 55.1 Å². The van der Waals surface area contributed by atoms with Crippen molar-refractivity contribution < 1.29 is 4.79 Å². The first-order valence-electron chi connectivity index (χ1n) is 5.30. The van der Waals surface area contributed by atoms with Crippen molar-refractivity contribution in [1.29, 1.82) is 0 Å². The predicted octanol–water partition coefficient (Wildman–Crippen LogP) is 0.790. The summed E-state index contributed by atoms with van der Waals surface area (Å²) in [5.74, 6) is 0.141. The minimum atomic E-state index is 0.0372. The van der Waals surface area contributed by atoms with E-state index < -0.39 is 0 Å². The maximum absolute atomic E-state index is 11.8. The summed E-state index contributed by atoms with van der Waals surface area (Å²) in [6, 6.07) is 8.15. The summed E-state index contributed by atoms with van der Waals surface area (Å²) in [5.41, 5.74) is 7.92. The van der Waals surface area contributed by atoms with E-state index in [-0.39, 0.29) is 17.9 Å². The lowest BCUT2D eigenvalue weighted by Crippen LogP contribution is -2.43. The van der Waals surface area contributed by atoms with Gasteiger partial charge in [-0.3, -0.25) is 4.79 Å². The number of hydrogen-bond donors (Lipinski definition) is 2. The van der Waals surface area contributed by atoms with E-state index in [1.807, 2.05) is 25.1 Å². The Bertz CT molecular complexity index is 376. The summed E-state index contributed by atoms with van der Waals surface area (Å²) >= 11 is 0. The van der Waals surface area contributed by atoms with Gasteiger partial charge in [0.25, 0.3) is 0 Å². The van der Waals surface area contributed by atoms with Crippen molar-refractivity contribution in [2.24, 2.45) is 5.73 Å². The van der Waals surface area contributed by atoms with E-state index in [9.17, 15) is 4.79 Å². The van der Waals surface area contributed by atoms with Crippen molar-refractivity contribution in [2.45, 2.75) is 25.3 Å². The summed E-state index contributed by atoms with van der Waals surface area (Å²) in [7, 11) is 0. The Morgan fingerprint density at radius 2 is 2.33 bits per heavy atom. The number of carbonyl (C=O) groups excluding carboxylic acids is 1. The van der Waals surface area contributed by atoms with Crippen LogP contribution < -0.4 is 11.1 Å². The van der Waals surface area contributed by atoms with Crippen molar-refractivity contribution in [3.05, 3.63) is 35.4 Å². The molecular formula is C12H16N2O. The number of nitrogens with two attached hydrogens (primary N) is 1. The van der Waals surface area contributed by atoms with Crippen LogP contribution in [0.3, 0.4) is 0 Å². The standard InChI is InChI=1S/C12H16N2O/c1-8(7-13)14-12(15)11-6-9-4-2-3-5-10(9)11/h2-5,8,11H,6-7,13H2,1H3,(H,14,15). The molecule has 1 amide bonds. The molecule has 2 atom stereocenters. The van der Waals surface area contributed by atoms with Gasteiger partial charge in [0, 0.05) is 12.6 Å². The van der Waals surface area contributed by atoms with Gasteiger partial charge in [0.1, 0.15) is 0 Å². The van der Waals surface area contributed by atoms with E-state index in [0.29, 0.717) is 6.54 Å². The first-order chi connectivity index (χ1) is 7.22. The Morgan fingerprint density at radius 3 is 3.00 bits per heavy atom. The lowest BCUT2D eigenvalue weighted by atomic mass is 9.77. The largest absolute Gasteiger partial charge is 0.352 e. The zero-order chi connectivity index (χ0) is 10.8. The number of rotatable bonds is 3. The highest BCUT2D eigenvalue weighted by Gasteiger charge is 2.31. The average Bonchev–Trinajstić information content (AvgIpc) is 2.19. The van der Waals surface area contributed by atoms with Gasteiger partial charge in [-0.15, -0.1) is 0 Å². The molecule has 0 radical (unpaired) electrons.